The second-order valence-electron chi connectivity index (χ2n) is 6.32. The van der Waals surface area contributed by atoms with Crippen molar-refractivity contribution in [3.63, 3.8) is 0 Å². The second kappa shape index (κ2) is 7.58. The average molecular weight is 502 g/mol. The van der Waals surface area contributed by atoms with E-state index >= 15 is 0 Å². The van der Waals surface area contributed by atoms with E-state index in [4.69, 9.17) is 9.47 Å². The molecule has 29 heavy (non-hydrogen) atoms. The third-order valence-electron chi connectivity index (χ3n) is 4.21. The number of sulfonamides is 1. The van der Waals surface area contributed by atoms with Gasteiger partial charge in [-0.3, -0.25) is 4.72 Å². The predicted octanol–water partition coefficient (Wildman–Crippen LogP) is 5.63. The molecule has 0 spiro atoms. The SMILES string of the molecule is CS(=O)(=O)Nc1ccc2c(c1)C(c1ccc(Br)s1)Oc1cccc(OC(F)F)c1-2. The average Bonchev–Trinajstić information content (AvgIpc) is 3.05. The lowest BCUT2D eigenvalue weighted by molar-refractivity contribution is -0.0496. The van der Waals surface area contributed by atoms with E-state index in [1.54, 1.807) is 30.3 Å². The van der Waals surface area contributed by atoms with E-state index < -0.39 is 22.7 Å². The lowest BCUT2D eigenvalue weighted by Gasteiger charge is -2.30. The van der Waals surface area contributed by atoms with Gasteiger partial charge in [0.1, 0.15) is 11.5 Å². The highest BCUT2D eigenvalue weighted by Crippen LogP contribution is 2.50. The maximum atomic E-state index is 12.9. The van der Waals surface area contributed by atoms with Crippen molar-refractivity contribution in [3.8, 4) is 22.6 Å². The van der Waals surface area contributed by atoms with Crippen molar-refractivity contribution < 1.29 is 26.7 Å². The maximum Gasteiger partial charge on any atom is 0.387 e. The van der Waals surface area contributed by atoms with Crippen molar-refractivity contribution in [1.82, 2.24) is 0 Å². The summed E-state index contributed by atoms with van der Waals surface area (Å²) in [6.45, 7) is -2.98. The van der Waals surface area contributed by atoms with Crippen LogP contribution in [-0.4, -0.2) is 21.3 Å². The van der Waals surface area contributed by atoms with Crippen molar-refractivity contribution in [2.24, 2.45) is 0 Å². The molecule has 0 bridgehead atoms. The molecule has 152 valence electrons. The van der Waals surface area contributed by atoms with Gasteiger partial charge in [-0.05, 0) is 57.9 Å². The summed E-state index contributed by atoms with van der Waals surface area (Å²) in [5.41, 5.74) is 2.04. The highest BCUT2D eigenvalue weighted by Gasteiger charge is 2.31. The Kier molecular flexibility index (Phi) is 5.26. The summed E-state index contributed by atoms with van der Waals surface area (Å²) < 4.78 is 63.3. The van der Waals surface area contributed by atoms with Crippen LogP contribution in [0.2, 0.25) is 0 Å². The summed E-state index contributed by atoms with van der Waals surface area (Å²) in [7, 11) is -3.49. The van der Waals surface area contributed by atoms with Crippen LogP contribution >= 0.6 is 27.3 Å². The fourth-order valence-electron chi connectivity index (χ4n) is 3.22. The lowest BCUT2D eigenvalue weighted by atomic mass is 9.91. The Morgan fingerprint density at radius 2 is 2.00 bits per heavy atom. The van der Waals surface area contributed by atoms with Gasteiger partial charge in [-0.1, -0.05) is 12.1 Å². The van der Waals surface area contributed by atoms with Gasteiger partial charge in [0, 0.05) is 11.3 Å². The van der Waals surface area contributed by atoms with Crippen molar-refractivity contribution in [1.29, 1.82) is 0 Å². The van der Waals surface area contributed by atoms with E-state index in [-0.39, 0.29) is 5.75 Å². The summed E-state index contributed by atoms with van der Waals surface area (Å²) >= 11 is 4.90. The number of thiophene rings is 1. The number of rotatable bonds is 5. The van der Waals surface area contributed by atoms with Gasteiger partial charge < -0.3 is 9.47 Å². The standard InChI is InChI=1S/C19H14BrF2NO4S2/c1-29(24,25)23-10-5-6-11-12(9-10)18(15-7-8-16(20)28-15)26-13-3-2-4-14(17(11)13)27-19(21)22/h2-9,18-19,23H,1H3. The molecule has 1 aliphatic rings. The molecule has 0 amide bonds. The Morgan fingerprint density at radius 3 is 2.66 bits per heavy atom. The van der Waals surface area contributed by atoms with Crippen LogP contribution in [0.25, 0.3) is 11.1 Å². The summed E-state index contributed by atoms with van der Waals surface area (Å²) in [5.74, 6) is 0.405. The molecule has 1 atom stereocenters. The van der Waals surface area contributed by atoms with E-state index in [0.29, 0.717) is 28.1 Å². The molecular weight excluding hydrogens is 488 g/mol. The first-order valence-electron chi connectivity index (χ1n) is 8.33. The topological polar surface area (TPSA) is 64.6 Å². The Bertz CT molecular complexity index is 1180. The number of hydrogen-bond acceptors (Lipinski definition) is 5. The number of benzene rings is 2. The molecule has 10 heteroatoms. The molecule has 5 nitrogen and oxygen atoms in total. The number of alkyl halides is 2. The van der Waals surface area contributed by atoms with Gasteiger partial charge in [0.25, 0.3) is 0 Å². The molecule has 0 saturated carbocycles. The first-order chi connectivity index (χ1) is 13.7. The molecule has 1 aliphatic heterocycles. The highest BCUT2D eigenvalue weighted by atomic mass is 79.9. The van der Waals surface area contributed by atoms with Crippen molar-refractivity contribution in [2.75, 3.05) is 11.0 Å². The third-order valence-corrected chi connectivity index (χ3v) is 6.48. The Balaban J connectivity index is 1.90. The van der Waals surface area contributed by atoms with E-state index in [0.717, 1.165) is 14.9 Å². The van der Waals surface area contributed by atoms with Crippen LogP contribution in [0.3, 0.4) is 0 Å². The molecule has 0 aliphatic carbocycles. The lowest BCUT2D eigenvalue weighted by Crippen LogP contribution is -2.17. The molecule has 1 aromatic heterocycles. The monoisotopic (exact) mass is 501 g/mol. The first kappa shape index (κ1) is 20.1. The minimum atomic E-state index is -3.49. The molecule has 3 aromatic rings. The van der Waals surface area contributed by atoms with Gasteiger partial charge in [0.05, 0.1) is 20.5 Å². The largest absolute Gasteiger partial charge is 0.479 e. The van der Waals surface area contributed by atoms with E-state index in [1.807, 2.05) is 12.1 Å². The molecule has 0 saturated heterocycles. The Hall–Kier alpha value is -2.17. The zero-order chi connectivity index (χ0) is 20.8. The van der Waals surface area contributed by atoms with Crippen LogP contribution in [0.1, 0.15) is 16.5 Å². The fourth-order valence-corrected chi connectivity index (χ4v) is 5.25. The molecule has 1 unspecified atom stereocenters. The molecule has 2 aromatic carbocycles. The number of nitrogens with one attached hydrogen (secondary N) is 1. The molecule has 0 fully saturated rings. The number of fused-ring (bicyclic) bond motifs is 3. The Morgan fingerprint density at radius 1 is 1.21 bits per heavy atom. The van der Waals surface area contributed by atoms with Gasteiger partial charge in [-0.2, -0.15) is 8.78 Å². The summed E-state index contributed by atoms with van der Waals surface area (Å²) in [4.78, 5) is 0.875. The Labute approximate surface area is 178 Å². The quantitative estimate of drug-likeness (QED) is 0.491. The van der Waals surface area contributed by atoms with Crippen LogP contribution in [0, 0.1) is 0 Å². The van der Waals surface area contributed by atoms with Gasteiger partial charge in [0.15, 0.2) is 6.10 Å². The molecule has 2 heterocycles. The van der Waals surface area contributed by atoms with E-state index in [2.05, 4.69) is 20.7 Å². The van der Waals surface area contributed by atoms with Crippen molar-refractivity contribution in [3.05, 3.63) is 62.8 Å². The third kappa shape index (κ3) is 4.24. The van der Waals surface area contributed by atoms with Crippen LogP contribution in [0.15, 0.2) is 52.3 Å². The minimum absolute atomic E-state index is 0.00613. The summed E-state index contributed by atoms with van der Waals surface area (Å²) in [6, 6.07) is 13.4. The van der Waals surface area contributed by atoms with Gasteiger partial charge in [-0.15, -0.1) is 11.3 Å². The molecule has 1 N–H and O–H groups in total. The second-order valence-corrected chi connectivity index (χ2v) is 10.6. The van der Waals surface area contributed by atoms with Crippen LogP contribution in [0.5, 0.6) is 11.5 Å². The number of anilines is 1. The normalized spacial score (nSPS) is 15.4. The summed E-state index contributed by atoms with van der Waals surface area (Å²) in [5, 5.41) is 0. The zero-order valence-electron chi connectivity index (χ0n) is 14.9. The fraction of sp³-hybridized carbons (Fsp3) is 0.158. The molecule has 0 radical (unpaired) electrons. The highest BCUT2D eigenvalue weighted by molar-refractivity contribution is 9.11. The van der Waals surface area contributed by atoms with Crippen molar-refractivity contribution >= 4 is 43.0 Å². The van der Waals surface area contributed by atoms with Gasteiger partial charge in [-0.25, -0.2) is 8.42 Å². The predicted molar refractivity (Wildman–Crippen MR) is 111 cm³/mol. The maximum absolute atomic E-state index is 12.9. The number of ether oxygens (including phenoxy) is 2. The molecular formula is C19H14BrF2NO4S2. The number of hydrogen-bond donors (Lipinski definition) is 1. The number of halogens is 3. The van der Waals surface area contributed by atoms with Crippen molar-refractivity contribution in [2.45, 2.75) is 12.7 Å². The first-order valence-corrected chi connectivity index (χ1v) is 11.8. The van der Waals surface area contributed by atoms with Crippen LogP contribution < -0.4 is 14.2 Å². The van der Waals surface area contributed by atoms with E-state index in [9.17, 15) is 17.2 Å². The smallest absolute Gasteiger partial charge is 0.387 e. The van der Waals surface area contributed by atoms with Gasteiger partial charge >= 0.3 is 6.61 Å². The zero-order valence-corrected chi connectivity index (χ0v) is 18.1. The van der Waals surface area contributed by atoms with Crippen LogP contribution in [0.4, 0.5) is 14.5 Å². The van der Waals surface area contributed by atoms with Crippen LogP contribution in [-0.2, 0) is 10.0 Å². The van der Waals surface area contributed by atoms with E-state index in [1.165, 1.54) is 17.4 Å². The molecule has 4 rings (SSSR count). The van der Waals surface area contributed by atoms with Gasteiger partial charge in [0.2, 0.25) is 10.0 Å². The summed E-state index contributed by atoms with van der Waals surface area (Å²) in [6.07, 6.45) is 0.526. The minimum Gasteiger partial charge on any atom is -0.479 e.